The number of Topliss-reactive ketones (excluding diaryl/α,β-unsaturated/α-hetero) is 2. The molecule has 0 spiro atoms. The Morgan fingerprint density at radius 3 is 1.61 bits per heavy atom. The molecule has 0 amide bonds. The van der Waals surface area contributed by atoms with Crippen LogP contribution in [0.5, 0.6) is 0 Å². The summed E-state index contributed by atoms with van der Waals surface area (Å²) in [6.07, 6.45) is 13.1. The fourth-order valence-electron chi connectivity index (χ4n) is 10.9. The van der Waals surface area contributed by atoms with Gasteiger partial charge in [-0.2, -0.15) is 0 Å². The molecule has 4 aliphatic carbocycles. The van der Waals surface area contributed by atoms with Crippen molar-refractivity contribution >= 4 is 17.5 Å². The van der Waals surface area contributed by atoms with Crippen LogP contribution in [-0.4, -0.2) is 24.1 Å². The molecule has 4 saturated carbocycles. The van der Waals surface area contributed by atoms with Gasteiger partial charge in [0.1, 0.15) is 11.6 Å². The molecule has 0 saturated heterocycles. The van der Waals surface area contributed by atoms with Crippen molar-refractivity contribution in [2.75, 3.05) is 6.61 Å². The Labute approximate surface area is 269 Å². The van der Waals surface area contributed by atoms with Crippen molar-refractivity contribution in [3.05, 3.63) is 24.3 Å². The van der Waals surface area contributed by atoms with E-state index in [0.29, 0.717) is 67.0 Å². The normalized spacial score (nSPS) is 36.3. The van der Waals surface area contributed by atoms with Crippen molar-refractivity contribution in [2.24, 2.45) is 57.2 Å². The lowest BCUT2D eigenvalue weighted by Gasteiger charge is -2.57. The van der Waals surface area contributed by atoms with Crippen molar-refractivity contribution < 1.29 is 19.1 Å². The number of esters is 1. The summed E-state index contributed by atoms with van der Waals surface area (Å²) in [6.45, 7) is 27.4. The predicted octanol–water partition coefficient (Wildman–Crippen LogP) is 10.1. The summed E-state index contributed by atoms with van der Waals surface area (Å²) in [5.74, 6) is 3.26. The van der Waals surface area contributed by atoms with Gasteiger partial charge < -0.3 is 4.74 Å². The second-order valence-corrected chi connectivity index (χ2v) is 17.5. The van der Waals surface area contributed by atoms with E-state index in [9.17, 15) is 14.4 Å². The van der Waals surface area contributed by atoms with Gasteiger partial charge in [0.25, 0.3) is 0 Å². The minimum absolute atomic E-state index is 0.0780. The lowest BCUT2D eigenvalue weighted by Crippen LogP contribution is -2.53. The highest BCUT2D eigenvalue weighted by Crippen LogP contribution is 2.62. The van der Waals surface area contributed by atoms with Crippen LogP contribution in [-0.2, 0) is 19.1 Å². The molecule has 4 heteroatoms. The molecule has 0 aromatic heterocycles. The smallest absolute Gasteiger partial charge is 0.306 e. The summed E-state index contributed by atoms with van der Waals surface area (Å²) in [5, 5.41) is 0. The quantitative estimate of drug-likeness (QED) is 0.173. The van der Waals surface area contributed by atoms with E-state index in [2.05, 4.69) is 68.5 Å². The van der Waals surface area contributed by atoms with Gasteiger partial charge in [0.2, 0.25) is 0 Å². The van der Waals surface area contributed by atoms with E-state index in [4.69, 9.17) is 4.74 Å². The molecule has 0 aliphatic heterocycles. The Bertz CT molecular complexity index is 1130. The predicted molar refractivity (Wildman–Crippen MR) is 180 cm³/mol. The van der Waals surface area contributed by atoms with Gasteiger partial charge in [-0.25, -0.2) is 0 Å². The molecular formula is C40H64O4. The second kappa shape index (κ2) is 13.2. The average molecular weight is 609 g/mol. The molecule has 8 atom stereocenters. The maximum Gasteiger partial charge on any atom is 0.306 e. The van der Waals surface area contributed by atoms with Crippen LogP contribution in [0.25, 0.3) is 0 Å². The van der Waals surface area contributed by atoms with E-state index in [0.717, 1.165) is 70.6 Å². The van der Waals surface area contributed by atoms with Gasteiger partial charge in [0, 0.05) is 30.1 Å². The number of allylic oxidation sites excluding steroid dienone is 2. The summed E-state index contributed by atoms with van der Waals surface area (Å²) >= 11 is 0. The zero-order chi connectivity index (χ0) is 32.7. The Kier molecular flexibility index (Phi) is 10.5. The first kappa shape index (κ1) is 35.1. The standard InChI is InChI=1S/C40H64O4/c1-26(11-15-30-28(3)13-17-32-37(5,6)34(41)19-22-39(30,32)9)21-24-44-36(43)25-27(2)12-16-31-29(4)14-18-33-38(7,8)35(42)20-23-40(31,33)10/h26-27,30-33H,3-4,11-25H2,1-2,5-10H3/t26?,27?,30-,31-,32-,33-,39+,40+/m0/s1. The van der Waals surface area contributed by atoms with Gasteiger partial charge >= 0.3 is 5.97 Å². The third-order valence-electron chi connectivity index (χ3n) is 13.9. The molecule has 248 valence electrons. The molecular weight excluding hydrogens is 544 g/mol. The minimum atomic E-state index is -0.253. The minimum Gasteiger partial charge on any atom is -0.466 e. The van der Waals surface area contributed by atoms with Gasteiger partial charge in [-0.3, -0.25) is 14.4 Å². The molecule has 4 fully saturated rings. The highest BCUT2D eigenvalue weighted by Gasteiger charge is 2.57. The molecule has 0 bridgehead atoms. The maximum atomic E-state index is 12.8. The third-order valence-corrected chi connectivity index (χ3v) is 13.9. The zero-order valence-electron chi connectivity index (χ0n) is 29.6. The van der Waals surface area contributed by atoms with E-state index < -0.39 is 0 Å². The first-order chi connectivity index (χ1) is 20.4. The first-order valence-electron chi connectivity index (χ1n) is 18.0. The van der Waals surface area contributed by atoms with Gasteiger partial charge in [0.05, 0.1) is 6.61 Å². The first-order valence-corrected chi connectivity index (χ1v) is 18.0. The largest absolute Gasteiger partial charge is 0.466 e. The summed E-state index contributed by atoms with van der Waals surface area (Å²) < 4.78 is 5.75. The number of ether oxygens (including phenoxy) is 1. The maximum absolute atomic E-state index is 12.8. The summed E-state index contributed by atoms with van der Waals surface area (Å²) in [4.78, 5) is 38.3. The summed E-state index contributed by atoms with van der Waals surface area (Å²) in [7, 11) is 0. The fraction of sp³-hybridized carbons (Fsp3) is 0.825. The number of rotatable bonds is 11. The number of carbonyl (C=O) groups excluding carboxylic acids is 3. The summed E-state index contributed by atoms with van der Waals surface area (Å²) in [5.41, 5.74) is 2.51. The Morgan fingerprint density at radius 2 is 1.16 bits per heavy atom. The molecule has 0 aromatic carbocycles. The highest BCUT2D eigenvalue weighted by atomic mass is 16.5. The molecule has 0 radical (unpaired) electrons. The Morgan fingerprint density at radius 1 is 0.727 bits per heavy atom. The van der Waals surface area contributed by atoms with Crippen LogP contribution in [0.3, 0.4) is 0 Å². The lowest BCUT2D eigenvalue weighted by molar-refractivity contribution is -0.146. The fourth-order valence-corrected chi connectivity index (χ4v) is 10.9. The van der Waals surface area contributed by atoms with Gasteiger partial charge in [-0.05, 0) is 117 Å². The Balaban J connectivity index is 1.20. The zero-order valence-corrected chi connectivity index (χ0v) is 29.6. The van der Waals surface area contributed by atoms with Crippen molar-refractivity contribution in [3.63, 3.8) is 0 Å². The SMILES string of the molecule is C=C1CC[C@H]2C(C)(C)C(=O)CC[C@]2(C)[C@H]1CCC(C)CCOC(=O)CC(C)CC[C@H]1C(=C)CC[C@H]2C(C)(C)C(=O)CC[C@]12C. The van der Waals surface area contributed by atoms with Gasteiger partial charge in [0.15, 0.2) is 0 Å². The van der Waals surface area contributed by atoms with Crippen LogP contribution in [0.2, 0.25) is 0 Å². The van der Waals surface area contributed by atoms with Crippen LogP contribution in [0.1, 0.15) is 145 Å². The average Bonchev–Trinajstić information content (AvgIpc) is 2.92. The van der Waals surface area contributed by atoms with Crippen LogP contribution in [0, 0.1) is 57.2 Å². The van der Waals surface area contributed by atoms with E-state index in [1.165, 1.54) is 11.1 Å². The number of carbonyl (C=O) groups is 3. The molecule has 4 nitrogen and oxygen atoms in total. The molecule has 2 unspecified atom stereocenters. The highest BCUT2D eigenvalue weighted by molar-refractivity contribution is 5.86. The van der Waals surface area contributed by atoms with E-state index in [-0.39, 0.29) is 33.5 Å². The van der Waals surface area contributed by atoms with Crippen LogP contribution in [0.15, 0.2) is 24.3 Å². The van der Waals surface area contributed by atoms with Crippen molar-refractivity contribution in [3.8, 4) is 0 Å². The van der Waals surface area contributed by atoms with E-state index in [1.54, 1.807) is 0 Å². The summed E-state index contributed by atoms with van der Waals surface area (Å²) in [6, 6.07) is 0. The van der Waals surface area contributed by atoms with Gasteiger partial charge in [-0.15, -0.1) is 0 Å². The van der Waals surface area contributed by atoms with Crippen LogP contribution < -0.4 is 0 Å². The third kappa shape index (κ3) is 6.71. The second-order valence-electron chi connectivity index (χ2n) is 17.5. The lowest BCUT2D eigenvalue weighted by atomic mass is 9.46. The Hall–Kier alpha value is -1.71. The van der Waals surface area contributed by atoms with Crippen molar-refractivity contribution in [1.82, 2.24) is 0 Å². The number of ketones is 2. The van der Waals surface area contributed by atoms with Crippen LogP contribution in [0.4, 0.5) is 0 Å². The topological polar surface area (TPSA) is 60.4 Å². The molecule has 0 N–H and O–H groups in total. The number of fused-ring (bicyclic) bond motifs is 2. The molecule has 44 heavy (non-hydrogen) atoms. The molecule has 4 rings (SSSR count). The number of hydrogen-bond donors (Lipinski definition) is 0. The molecule has 0 aromatic rings. The van der Waals surface area contributed by atoms with Crippen LogP contribution >= 0.6 is 0 Å². The number of hydrogen-bond acceptors (Lipinski definition) is 4. The van der Waals surface area contributed by atoms with Gasteiger partial charge in [-0.1, -0.05) is 79.7 Å². The monoisotopic (exact) mass is 608 g/mol. The van der Waals surface area contributed by atoms with E-state index >= 15 is 0 Å². The van der Waals surface area contributed by atoms with Crippen molar-refractivity contribution in [1.29, 1.82) is 0 Å². The molecule has 0 heterocycles. The molecule has 4 aliphatic rings. The van der Waals surface area contributed by atoms with E-state index in [1.807, 2.05) is 0 Å². The van der Waals surface area contributed by atoms with Crippen molar-refractivity contribution in [2.45, 2.75) is 145 Å².